The van der Waals surface area contributed by atoms with Crippen molar-refractivity contribution in [3.05, 3.63) is 28.2 Å². The number of hydrogen-bond acceptors (Lipinski definition) is 4. The molecule has 1 aromatic rings. The second-order valence-electron chi connectivity index (χ2n) is 3.22. The third-order valence-electron chi connectivity index (χ3n) is 1.95. The van der Waals surface area contributed by atoms with Gasteiger partial charge in [0.25, 0.3) is 0 Å². The van der Waals surface area contributed by atoms with Crippen LogP contribution >= 0.6 is 15.9 Å². The Morgan fingerprint density at radius 1 is 1.50 bits per heavy atom. The maximum Gasteiger partial charge on any atom is 0.336 e. The van der Waals surface area contributed by atoms with Crippen LogP contribution in [0.15, 0.2) is 22.7 Å². The molecule has 0 aliphatic heterocycles. The lowest BCUT2D eigenvalue weighted by atomic mass is 10.2. The average Bonchev–Trinajstić information content (AvgIpc) is 2.27. The fourth-order valence-electron chi connectivity index (χ4n) is 1.10. The fraction of sp³-hybridized carbons (Fsp3) is 0.300. The minimum Gasteiger partial charge on any atom is -0.478 e. The number of anilines is 1. The van der Waals surface area contributed by atoms with Gasteiger partial charge in [0, 0.05) is 16.7 Å². The summed E-state index contributed by atoms with van der Waals surface area (Å²) in [6.07, 6.45) is -0.864. The molecule has 1 aromatic carbocycles. The second-order valence-corrected chi connectivity index (χ2v) is 4.07. The molecule has 0 aliphatic carbocycles. The van der Waals surface area contributed by atoms with E-state index in [4.69, 9.17) is 15.3 Å². The van der Waals surface area contributed by atoms with Gasteiger partial charge in [-0.1, -0.05) is 0 Å². The molecule has 1 rings (SSSR count). The Kier molecular flexibility index (Phi) is 4.72. The van der Waals surface area contributed by atoms with Crippen LogP contribution in [0.1, 0.15) is 10.4 Å². The predicted octanol–water partition coefficient (Wildman–Crippen LogP) is 0.912. The summed E-state index contributed by atoms with van der Waals surface area (Å²) in [4.78, 5) is 10.8. The van der Waals surface area contributed by atoms with Gasteiger partial charge in [0.05, 0.1) is 18.3 Å². The van der Waals surface area contributed by atoms with Crippen LogP contribution < -0.4 is 5.32 Å². The van der Waals surface area contributed by atoms with Gasteiger partial charge >= 0.3 is 5.97 Å². The number of halogens is 1. The van der Waals surface area contributed by atoms with Crippen LogP contribution in [-0.4, -0.2) is 40.5 Å². The number of carboxylic acids is 1. The lowest BCUT2D eigenvalue weighted by molar-refractivity contribution is 0.0696. The van der Waals surface area contributed by atoms with Crippen LogP contribution in [0.4, 0.5) is 5.69 Å². The summed E-state index contributed by atoms with van der Waals surface area (Å²) in [7, 11) is 0. The van der Waals surface area contributed by atoms with Gasteiger partial charge in [0.1, 0.15) is 0 Å². The summed E-state index contributed by atoms with van der Waals surface area (Å²) >= 11 is 3.13. The van der Waals surface area contributed by atoms with Gasteiger partial charge in [-0.2, -0.15) is 0 Å². The number of carboxylic acid groups (broad SMARTS) is 1. The van der Waals surface area contributed by atoms with Crippen molar-refractivity contribution in [2.75, 3.05) is 18.5 Å². The van der Waals surface area contributed by atoms with Gasteiger partial charge in [-0.25, -0.2) is 4.79 Å². The number of nitrogens with one attached hydrogen (secondary N) is 1. The van der Waals surface area contributed by atoms with E-state index in [-0.39, 0.29) is 18.7 Å². The molecule has 1 unspecified atom stereocenters. The van der Waals surface area contributed by atoms with E-state index in [9.17, 15) is 4.79 Å². The summed E-state index contributed by atoms with van der Waals surface area (Å²) < 4.78 is 0.494. The molecule has 16 heavy (non-hydrogen) atoms. The molecule has 0 fully saturated rings. The van der Waals surface area contributed by atoms with E-state index < -0.39 is 12.1 Å². The van der Waals surface area contributed by atoms with Crippen molar-refractivity contribution in [3.8, 4) is 0 Å². The number of aromatic carboxylic acids is 1. The molecular formula is C10H12BrNO4. The molecule has 0 saturated carbocycles. The van der Waals surface area contributed by atoms with Crippen LogP contribution in [0.3, 0.4) is 0 Å². The number of hydrogen-bond donors (Lipinski definition) is 4. The van der Waals surface area contributed by atoms with Crippen molar-refractivity contribution < 1.29 is 20.1 Å². The van der Waals surface area contributed by atoms with E-state index >= 15 is 0 Å². The fourth-order valence-corrected chi connectivity index (χ4v) is 1.52. The highest BCUT2D eigenvalue weighted by molar-refractivity contribution is 9.10. The summed E-state index contributed by atoms with van der Waals surface area (Å²) in [5.74, 6) is -1.03. The SMILES string of the molecule is O=C(O)c1cc(NCC(O)CO)ccc1Br. The minimum absolute atomic E-state index is 0.142. The molecule has 4 N–H and O–H groups in total. The Hall–Kier alpha value is -1.11. The zero-order valence-electron chi connectivity index (χ0n) is 8.35. The van der Waals surface area contributed by atoms with Gasteiger partial charge in [-0.15, -0.1) is 0 Å². The summed E-state index contributed by atoms with van der Waals surface area (Å²) in [6, 6.07) is 4.74. The van der Waals surface area contributed by atoms with Crippen molar-refractivity contribution in [1.29, 1.82) is 0 Å². The lowest BCUT2D eigenvalue weighted by Crippen LogP contribution is -2.23. The van der Waals surface area contributed by atoms with Crippen molar-refractivity contribution >= 4 is 27.6 Å². The number of aliphatic hydroxyl groups is 2. The highest BCUT2D eigenvalue weighted by Gasteiger charge is 2.09. The lowest BCUT2D eigenvalue weighted by Gasteiger charge is -2.11. The molecule has 0 aliphatic rings. The van der Waals surface area contributed by atoms with Crippen LogP contribution in [0.5, 0.6) is 0 Å². The number of benzene rings is 1. The Morgan fingerprint density at radius 3 is 2.75 bits per heavy atom. The smallest absolute Gasteiger partial charge is 0.336 e. The largest absolute Gasteiger partial charge is 0.478 e. The average molecular weight is 290 g/mol. The summed E-state index contributed by atoms with van der Waals surface area (Å²) in [5.41, 5.74) is 0.719. The number of rotatable bonds is 5. The van der Waals surface area contributed by atoms with Crippen molar-refractivity contribution in [3.63, 3.8) is 0 Å². The van der Waals surface area contributed by atoms with Gasteiger partial charge in [-0.05, 0) is 34.1 Å². The third-order valence-corrected chi connectivity index (χ3v) is 2.64. The molecule has 0 saturated heterocycles. The van der Waals surface area contributed by atoms with E-state index in [0.717, 1.165) is 0 Å². The molecule has 0 bridgehead atoms. The van der Waals surface area contributed by atoms with E-state index in [1.807, 2.05) is 0 Å². The molecule has 88 valence electrons. The zero-order valence-corrected chi connectivity index (χ0v) is 9.94. The predicted molar refractivity (Wildman–Crippen MR) is 62.7 cm³/mol. The third kappa shape index (κ3) is 3.48. The molecule has 0 spiro atoms. The van der Waals surface area contributed by atoms with Gasteiger partial charge in [-0.3, -0.25) is 0 Å². The van der Waals surface area contributed by atoms with Gasteiger partial charge in [0.2, 0.25) is 0 Å². The Bertz CT molecular complexity index is 383. The first-order valence-corrected chi connectivity index (χ1v) is 5.39. The monoisotopic (exact) mass is 289 g/mol. The zero-order chi connectivity index (χ0) is 12.1. The van der Waals surface area contributed by atoms with Crippen LogP contribution in [0.25, 0.3) is 0 Å². The van der Waals surface area contributed by atoms with Gasteiger partial charge < -0.3 is 20.6 Å². The molecule has 0 amide bonds. The van der Waals surface area contributed by atoms with Crippen molar-refractivity contribution in [2.24, 2.45) is 0 Å². The Labute approximate surface area is 101 Å². The van der Waals surface area contributed by atoms with E-state index in [2.05, 4.69) is 21.2 Å². The van der Waals surface area contributed by atoms with Crippen LogP contribution in [0.2, 0.25) is 0 Å². The van der Waals surface area contributed by atoms with Crippen LogP contribution in [0, 0.1) is 0 Å². The van der Waals surface area contributed by atoms with Crippen molar-refractivity contribution in [2.45, 2.75) is 6.10 Å². The summed E-state index contributed by atoms with van der Waals surface area (Å²) in [5, 5.41) is 29.4. The first kappa shape index (κ1) is 13.0. The highest BCUT2D eigenvalue weighted by atomic mass is 79.9. The molecule has 0 aromatic heterocycles. The maximum atomic E-state index is 10.8. The Balaban J connectivity index is 2.75. The molecule has 0 radical (unpaired) electrons. The second kappa shape index (κ2) is 5.83. The Morgan fingerprint density at radius 2 is 2.19 bits per heavy atom. The molecule has 6 heteroatoms. The topological polar surface area (TPSA) is 89.8 Å². The standard InChI is InChI=1S/C10H12BrNO4/c11-9-2-1-6(3-8(9)10(15)16)12-4-7(14)5-13/h1-3,7,12-14H,4-5H2,(H,15,16). The molecule has 1 atom stereocenters. The van der Waals surface area contributed by atoms with Crippen molar-refractivity contribution in [1.82, 2.24) is 0 Å². The molecule has 0 heterocycles. The maximum absolute atomic E-state index is 10.8. The summed E-state index contributed by atoms with van der Waals surface area (Å²) in [6.45, 7) is -0.174. The first-order chi connectivity index (χ1) is 7.54. The van der Waals surface area contributed by atoms with E-state index in [0.29, 0.717) is 10.2 Å². The number of aliphatic hydroxyl groups excluding tert-OH is 2. The molecule has 5 nitrogen and oxygen atoms in total. The van der Waals surface area contributed by atoms with E-state index in [1.54, 1.807) is 12.1 Å². The minimum atomic E-state index is -1.03. The highest BCUT2D eigenvalue weighted by Crippen LogP contribution is 2.21. The first-order valence-electron chi connectivity index (χ1n) is 4.60. The van der Waals surface area contributed by atoms with Crippen LogP contribution in [-0.2, 0) is 0 Å². The van der Waals surface area contributed by atoms with E-state index in [1.165, 1.54) is 6.07 Å². The molecular weight excluding hydrogens is 278 g/mol. The number of carbonyl (C=O) groups is 1. The quantitative estimate of drug-likeness (QED) is 0.647. The van der Waals surface area contributed by atoms with Gasteiger partial charge in [0.15, 0.2) is 0 Å². The normalized spacial score (nSPS) is 12.2.